The van der Waals surface area contributed by atoms with Crippen LogP contribution in [0.15, 0.2) is 79.0 Å². The van der Waals surface area contributed by atoms with Crippen molar-refractivity contribution in [3.8, 4) is 0 Å². The predicted molar refractivity (Wildman–Crippen MR) is 132 cm³/mol. The maximum atomic E-state index is 13.8. The van der Waals surface area contributed by atoms with Crippen molar-refractivity contribution < 1.29 is 9.59 Å². The normalized spacial score (nSPS) is 18.2. The van der Waals surface area contributed by atoms with Gasteiger partial charge in [0.1, 0.15) is 6.04 Å². The van der Waals surface area contributed by atoms with Crippen molar-refractivity contribution in [3.05, 3.63) is 107 Å². The van der Waals surface area contributed by atoms with Crippen molar-refractivity contribution in [2.75, 3.05) is 6.54 Å². The summed E-state index contributed by atoms with van der Waals surface area (Å²) >= 11 is 0. The SMILES string of the molecule is C[C@H](C(=O)N1CCc2ccccc2C1)N1C(=O)c2ccccc2[C@@H]1c1cn(C)c2ccccc12. The lowest BCUT2D eigenvalue weighted by atomic mass is 9.96. The van der Waals surface area contributed by atoms with Gasteiger partial charge in [-0.05, 0) is 42.2 Å². The minimum Gasteiger partial charge on any atom is -0.350 e. The zero-order valence-electron chi connectivity index (χ0n) is 19.4. The van der Waals surface area contributed by atoms with Gasteiger partial charge in [-0.25, -0.2) is 0 Å². The highest BCUT2D eigenvalue weighted by Gasteiger charge is 2.44. The Morgan fingerprint density at radius 2 is 1.62 bits per heavy atom. The average Bonchev–Trinajstić information content (AvgIpc) is 3.37. The summed E-state index contributed by atoms with van der Waals surface area (Å²) in [4.78, 5) is 31.2. The first-order valence-electron chi connectivity index (χ1n) is 11.9. The molecule has 0 radical (unpaired) electrons. The summed E-state index contributed by atoms with van der Waals surface area (Å²) in [6.07, 6.45) is 2.95. The Balaban J connectivity index is 1.41. The van der Waals surface area contributed by atoms with Crippen LogP contribution in [0.4, 0.5) is 0 Å². The topological polar surface area (TPSA) is 45.6 Å². The summed E-state index contributed by atoms with van der Waals surface area (Å²) < 4.78 is 2.10. The number of benzene rings is 3. The Bertz CT molecular complexity index is 1440. The molecule has 2 aliphatic rings. The molecule has 170 valence electrons. The number of aryl methyl sites for hydroxylation is 1. The number of hydrogen-bond donors (Lipinski definition) is 0. The van der Waals surface area contributed by atoms with E-state index >= 15 is 0 Å². The van der Waals surface area contributed by atoms with Gasteiger partial charge in [0.05, 0.1) is 6.04 Å². The fourth-order valence-corrected chi connectivity index (χ4v) is 5.71. The van der Waals surface area contributed by atoms with Crippen LogP contribution < -0.4 is 0 Å². The highest BCUT2D eigenvalue weighted by atomic mass is 16.2. The molecule has 2 aliphatic heterocycles. The zero-order valence-corrected chi connectivity index (χ0v) is 19.4. The fraction of sp³-hybridized carbons (Fsp3) is 0.241. The molecule has 34 heavy (non-hydrogen) atoms. The van der Waals surface area contributed by atoms with Crippen LogP contribution in [0.2, 0.25) is 0 Å². The summed E-state index contributed by atoms with van der Waals surface area (Å²) in [6, 6.07) is 23.4. The number of rotatable bonds is 3. The van der Waals surface area contributed by atoms with Crippen LogP contribution in [0.25, 0.3) is 10.9 Å². The molecule has 0 saturated carbocycles. The Morgan fingerprint density at radius 1 is 0.912 bits per heavy atom. The van der Waals surface area contributed by atoms with Gasteiger partial charge in [0, 0.05) is 48.4 Å². The summed E-state index contributed by atoms with van der Waals surface area (Å²) in [6.45, 7) is 3.14. The highest BCUT2D eigenvalue weighted by molar-refractivity contribution is 6.03. The summed E-state index contributed by atoms with van der Waals surface area (Å²) in [5.41, 5.74) is 6.31. The Hall–Kier alpha value is -3.86. The first-order chi connectivity index (χ1) is 16.5. The predicted octanol–water partition coefficient (Wildman–Crippen LogP) is 4.70. The molecule has 0 aliphatic carbocycles. The lowest BCUT2D eigenvalue weighted by Gasteiger charge is -2.36. The molecule has 2 amide bonds. The van der Waals surface area contributed by atoms with Gasteiger partial charge in [-0.15, -0.1) is 0 Å². The van der Waals surface area contributed by atoms with Crippen molar-refractivity contribution in [2.45, 2.75) is 32.0 Å². The molecule has 0 fully saturated rings. The van der Waals surface area contributed by atoms with Gasteiger partial charge >= 0.3 is 0 Å². The maximum Gasteiger partial charge on any atom is 0.255 e. The molecule has 1 aromatic heterocycles. The third-order valence-electron chi connectivity index (χ3n) is 7.44. The first kappa shape index (κ1) is 20.7. The van der Waals surface area contributed by atoms with Crippen LogP contribution in [0.3, 0.4) is 0 Å². The van der Waals surface area contributed by atoms with Gasteiger partial charge in [-0.3, -0.25) is 9.59 Å². The number of carbonyl (C=O) groups is 2. The second-order valence-corrected chi connectivity index (χ2v) is 9.37. The van der Waals surface area contributed by atoms with E-state index in [1.807, 2.05) is 67.4 Å². The average molecular weight is 450 g/mol. The smallest absolute Gasteiger partial charge is 0.255 e. The van der Waals surface area contributed by atoms with Crippen molar-refractivity contribution >= 4 is 22.7 Å². The summed E-state index contributed by atoms with van der Waals surface area (Å²) in [5.74, 6) is -0.0762. The second kappa shape index (κ2) is 7.87. The molecule has 4 aromatic rings. The molecule has 2 atom stereocenters. The Labute approximate surface area is 199 Å². The number of aromatic nitrogens is 1. The van der Waals surface area contributed by atoms with Gasteiger partial charge < -0.3 is 14.4 Å². The lowest BCUT2D eigenvalue weighted by molar-refractivity contribution is -0.136. The van der Waals surface area contributed by atoms with E-state index < -0.39 is 6.04 Å². The third kappa shape index (κ3) is 3.07. The second-order valence-electron chi connectivity index (χ2n) is 9.37. The van der Waals surface area contributed by atoms with Crippen molar-refractivity contribution in [3.63, 3.8) is 0 Å². The maximum absolute atomic E-state index is 13.8. The van der Waals surface area contributed by atoms with E-state index in [2.05, 4.69) is 35.0 Å². The van der Waals surface area contributed by atoms with Gasteiger partial charge in [0.25, 0.3) is 5.91 Å². The van der Waals surface area contributed by atoms with E-state index in [1.165, 1.54) is 11.1 Å². The van der Waals surface area contributed by atoms with Crippen LogP contribution in [-0.2, 0) is 24.8 Å². The number of para-hydroxylation sites is 1. The summed E-state index contributed by atoms with van der Waals surface area (Å²) in [7, 11) is 2.03. The highest BCUT2D eigenvalue weighted by Crippen LogP contribution is 2.43. The van der Waals surface area contributed by atoms with E-state index in [4.69, 9.17) is 0 Å². The number of fused-ring (bicyclic) bond motifs is 3. The number of carbonyl (C=O) groups excluding carboxylic acids is 2. The quantitative estimate of drug-likeness (QED) is 0.455. The molecule has 0 bridgehead atoms. The summed E-state index contributed by atoms with van der Waals surface area (Å²) in [5, 5.41) is 1.11. The van der Waals surface area contributed by atoms with Crippen LogP contribution in [0.1, 0.15) is 45.6 Å². The van der Waals surface area contributed by atoms with Crippen LogP contribution in [0.5, 0.6) is 0 Å². The van der Waals surface area contributed by atoms with Crippen molar-refractivity contribution in [1.29, 1.82) is 0 Å². The molecule has 5 nitrogen and oxygen atoms in total. The molecule has 0 saturated heterocycles. The van der Waals surface area contributed by atoms with Gasteiger partial charge in [0.15, 0.2) is 0 Å². The van der Waals surface area contributed by atoms with E-state index in [9.17, 15) is 9.59 Å². The van der Waals surface area contributed by atoms with Gasteiger partial charge in [-0.1, -0.05) is 60.7 Å². The van der Waals surface area contributed by atoms with Crippen molar-refractivity contribution in [1.82, 2.24) is 14.4 Å². The van der Waals surface area contributed by atoms with Crippen molar-refractivity contribution in [2.24, 2.45) is 7.05 Å². The van der Waals surface area contributed by atoms with E-state index in [0.717, 1.165) is 28.5 Å². The first-order valence-corrected chi connectivity index (χ1v) is 11.9. The molecular formula is C29H27N3O2. The largest absolute Gasteiger partial charge is 0.350 e. The van der Waals surface area contributed by atoms with Gasteiger partial charge in [0.2, 0.25) is 5.91 Å². The minimum absolute atomic E-state index is 0.000830. The van der Waals surface area contributed by atoms with E-state index in [1.54, 1.807) is 4.90 Å². The van der Waals surface area contributed by atoms with Crippen LogP contribution in [-0.4, -0.2) is 38.8 Å². The molecule has 3 aromatic carbocycles. The Kier molecular flexibility index (Phi) is 4.80. The molecule has 0 unspecified atom stereocenters. The zero-order chi connectivity index (χ0) is 23.4. The lowest BCUT2D eigenvalue weighted by Crippen LogP contribution is -2.49. The molecule has 0 spiro atoms. The van der Waals surface area contributed by atoms with Gasteiger partial charge in [-0.2, -0.15) is 0 Å². The minimum atomic E-state index is -0.575. The molecular weight excluding hydrogens is 422 g/mol. The van der Waals surface area contributed by atoms with Crippen LogP contribution in [0, 0.1) is 0 Å². The molecule has 5 heteroatoms. The van der Waals surface area contributed by atoms with E-state index in [0.29, 0.717) is 18.7 Å². The molecule has 6 rings (SSSR count). The number of nitrogens with zero attached hydrogens (tertiary/aromatic N) is 3. The monoisotopic (exact) mass is 449 g/mol. The molecule has 3 heterocycles. The number of hydrogen-bond acceptors (Lipinski definition) is 2. The Morgan fingerprint density at radius 3 is 2.47 bits per heavy atom. The standard InChI is InChI=1S/C29H27N3O2/c1-19(28(33)31-16-15-20-9-3-4-10-21(20)17-31)32-27(23-12-5-6-13-24(23)29(32)34)25-18-30(2)26-14-8-7-11-22(25)26/h3-14,18-19,27H,15-17H2,1-2H3/t19-,27-/m1/s1. The number of amides is 2. The fourth-order valence-electron chi connectivity index (χ4n) is 5.71. The third-order valence-corrected chi connectivity index (χ3v) is 7.44. The van der Waals surface area contributed by atoms with Crippen LogP contribution >= 0.6 is 0 Å². The van der Waals surface area contributed by atoms with E-state index in [-0.39, 0.29) is 17.9 Å². The molecule has 0 N–H and O–H groups in total.